The minimum absolute atomic E-state index is 0.134. The van der Waals surface area contributed by atoms with Crippen LogP contribution in [0, 0.1) is 13.8 Å². The lowest BCUT2D eigenvalue weighted by Crippen LogP contribution is -2.20. The van der Waals surface area contributed by atoms with Crippen LogP contribution in [0.25, 0.3) is 0 Å². The molecule has 0 unspecified atom stereocenters. The Kier molecular flexibility index (Phi) is 4.57. The van der Waals surface area contributed by atoms with Gasteiger partial charge in [-0.25, -0.2) is 8.78 Å². The number of aromatic nitrogens is 2. The number of rotatable bonds is 4. The van der Waals surface area contributed by atoms with Crippen LogP contribution in [-0.4, -0.2) is 15.7 Å². The van der Waals surface area contributed by atoms with Gasteiger partial charge in [0, 0.05) is 16.4 Å². The lowest BCUT2D eigenvalue weighted by atomic mass is 10.2. The van der Waals surface area contributed by atoms with E-state index in [2.05, 4.69) is 10.4 Å². The Balaban J connectivity index is 2.10. The topological polar surface area (TPSA) is 46.9 Å². The van der Waals surface area contributed by atoms with Gasteiger partial charge in [0.05, 0.1) is 0 Å². The third kappa shape index (κ3) is 3.78. The Morgan fingerprint density at radius 2 is 2.10 bits per heavy atom. The number of carbonyl (C=O) groups is 1. The average Bonchev–Trinajstić information content (AvgIpc) is 2.75. The number of benzene rings is 1. The molecule has 1 aromatic carbocycles. The molecule has 7 heteroatoms. The lowest BCUT2D eigenvalue weighted by Gasteiger charge is -2.09. The second kappa shape index (κ2) is 6.22. The Hall–Kier alpha value is -1.95. The number of carbonyl (C=O) groups excluding carboxylic acids is 1. The number of amides is 1. The first kappa shape index (κ1) is 15.4. The van der Waals surface area contributed by atoms with Gasteiger partial charge < -0.3 is 5.32 Å². The van der Waals surface area contributed by atoms with E-state index in [0.717, 1.165) is 5.56 Å². The van der Waals surface area contributed by atoms with Crippen molar-refractivity contribution in [1.82, 2.24) is 9.78 Å². The van der Waals surface area contributed by atoms with Gasteiger partial charge in [-0.2, -0.15) is 5.10 Å². The summed E-state index contributed by atoms with van der Waals surface area (Å²) < 4.78 is 26.3. The maximum Gasteiger partial charge on any atom is 0.282 e. The summed E-state index contributed by atoms with van der Waals surface area (Å²) in [5, 5.41) is 6.91. The molecule has 0 saturated heterocycles. The van der Waals surface area contributed by atoms with Crippen LogP contribution in [0.3, 0.4) is 0 Å². The SMILES string of the molecule is Cc1ccc(Cl)cc1NC(=O)Cn1nc(C(F)F)cc1C. The van der Waals surface area contributed by atoms with E-state index in [1.807, 2.05) is 6.92 Å². The Bertz CT molecular complexity index is 670. The summed E-state index contributed by atoms with van der Waals surface area (Å²) in [5.74, 6) is -0.354. The summed E-state index contributed by atoms with van der Waals surface area (Å²) in [4.78, 5) is 12.0. The van der Waals surface area contributed by atoms with Gasteiger partial charge in [0.2, 0.25) is 5.91 Å². The van der Waals surface area contributed by atoms with Crippen LogP contribution >= 0.6 is 11.6 Å². The summed E-state index contributed by atoms with van der Waals surface area (Å²) in [7, 11) is 0. The van der Waals surface area contributed by atoms with Crippen molar-refractivity contribution in [3.63, 3.8) is 0 Å². The number of hydrogen-bond donors (Lipinski definition) is 1. The quantitative estimate of drug-likeness (QED) is 0.935. The lowest BCUT2D eigenvalue weighted by molar-refractivity contribution is -0.117. The van der Waals surface area contributed by atoms with Gasteiger partial charge in [0.1, 0.15) is 12.2 Å². The summed E-state index contributed by atoms with van der Waals surface area (Å²) in [6.45, 7) is 3.32. The first-order valence-corrected chi connectivity index (χ1v) is 6.63. The molecule has 0 aliphatic heterocycles. The van der Waals surface area contributed by atoms with E-state index >= 15 is 0 Å². The molecule has 1 N–H and O–H groups in total. The molecule has 21 heavy (non-hydrogen) atoms. The van der Waals surface area contributed by atoms with Crippen molar-refractivity contribution in [2.45, 2.75) is 26.8 Å². The Morgan fingerprint density at radius 3 is 2.71 bits per heavy atom. The zero-order chi connectivity index (χ0) is 15.6. The Morgan fingerprint density at radius 1 is 1.38 bits per heavy atom. The highest BCUT2D eigenvalue weighted by molar-refractivity contribution is 6.31. The second-order valence-corrected chi connectivity index (χ2v) is 5.11. The highest BCUT2D eigenvalue weighted by Gasteiger charge is 2.15. The fourth-order valence-corrected chi connectivity index (χ4v) is 2.03. The molecule has 1 aromatic heterocycles. The molecule has 2 rings (SSSR count). The first-order valence-electron chi connectivity index (χ1n) is 6.25. The van der Waals surface area contributed by atoms with Crippen LogP contribution in [0.4, 0.5) is 14.5 Å². The van der Waals surface area contributed by atoms with E-state index in [1.165, 1.54) is 10.7 Å². The number of hydrogen-bond acceptors (Lipinski definition) is 2. The second-order valence-electron chi connectivity index (χ2n) is 4.68. The molecule has 0 spiro atoms. The van der Waals surface area contributed by atoms with Crippen LogP contribution < -0.4 is 5.32 Å². The highest BCUT2D eigenvalue weighted by atomic mass is 35.5. The van der Waals surface area contributed by atoms with Crippen molar-refractivity contribution < 1.29 is 13.6 Å². The van der Waals surface area contributed by atoms with E-state index in [1.54, 1.807) is 25.1 Å². The first-order chi connectivity index (χ1) is 9.86. The van der Waals surface area contributed by atoms with Gasteiger partial charge >= 0.3 is 0 Å². The van der Waals surface area contributed by atoms with E-state index in [4.69, 9.17) is 11.6 Å². The maximum atomic E-state index is 12.6. The molecule has 2 aromatic rings. The number of anilines is 1. The third-order valence-corrected chi connectivity index (χ3v) is 3.23. The predicted molar refractivity (Wildman–Crippen MR) is 76.7 cm³/mol. The number of nitrogens with one attached hydrogen (secondary N) is 1. The molecule has 0 radical (unpaired) electrons. The van der Waals surface area contributed by atoms with E-state index in [0.29, 0.717) is 16.4 Å². The Labute approximate surface area is 125 Å². The molecule has 4 nitrogen and oxygen atoms in total. The minimum Gasteiger partial charge on any atom is -0.324 e. The van der Waals surface area contributed by atoms with E-state index < -0.39 is 6.43 Å². The summed E-state index contributed by atoms with van der Waals surface area (Å²) in [6.07, 6.45) is -2.65. The smallest absolute Gasteiger partial charge is 0.282 e. The van der Waals surface area contributed by atoms with E-state index in [-0.39, 0.29) is 18.1 Å². The molecule has 1 amide bonds. The molecule has 1 heterocycles. The highest BCUT2D eigenvalue weighted by Crippen LogP contribution is 2.21. The molecular formula is C14H14ClF2N3O. The van der Waals surface area contributed by atoms with Crippen LogP contribution in [0.1, 0.15) is 23.4 Å². The molecule has 0 aliphatic rings. The fourth-order valence-electron chi connectivity index (χ4n) is 1.86. The van der Waals surface area contributed by atoms with Crippen LogP contribution in [0.2, 0.25) is 5.02 Å². The number of halogens is 3. The molecule has 0 fully saturated rings. The van der Waals surface area contributed by atoms with Gasteiger partial charge in [-0.3, -0.25) is 9.48 Å². The van der Waals surface area contributed by atoms with E-state index in [9.17, 15) is 13.6 Å². The molecule has 0 aliphatic carbocycles. The van der Waals surface area contributed by atoms with Crippen molar-refractivity contribution in [3.05, 3.63) is 46.2 Å². The van der Waals surface area contributed by atoms with Crippen molar-refractivity contribution in [3.8, 4) is 0 Å². The van der Waals surface area contributed by atoms with Crippen LogP contribution in [-0.2, 0) is 11.3 Å². The zero-order valence-electron chi connectivity index (χ0n) is 11.5. The molecule has 0 atom stereocenters. The summed E-state index contributed by atoms with van der Waals surface area (Å²) >= 11 is 5.87. The molecule has 112 valence electrons. The number of aryl methyl sites for hydroxylation is 2. The predicted octanol–water partition coefficient (Wildman–Crippen LogP) is 3.73. The van der Waals surface area contributed by atoms with Gasteiger partial charge in [-0.05, 0) is 37.6 Å². The normalized spacial score (nSPS) is 11.0. The summed E-state index contributed by atoms with van der Waals surface area (Å²) in [5.41, 5.74) is 1.62. The van der Waals surface area contributed by atoms with Crippen molar-refractivity contribution >= 4 is 23.2 Å². The molecule has 0 bridgehead atoms. The van der Waals surface area contributed by atoms with Gasteiger partial charge in [0.25, 0.3) is 6.43 Å². The number of alkyl halides is 2. The van der Waals surface area contributed by atoms with Gasteiger partial charge in [-0.15, -0.1) is 0 Å². The third-order valence-electron chi connectivity index (χ3n) is 2.99. The largest absolute Gasteiger partial charge is 0.324 e. The average molecular weight is 314 g/mol. The van der Waals surface area contributed by atoms with Crippen LogP contribution in [0.5, 0.6) is 0 Å². The minimum atomic E-state index is -2.65. The monoisotopic (exact) mass is 313 g/mol. The summed E-state index contributed by atoms with van der Waals surface area (Å²) in [6, 6.07) is 6.41. The zero-order valence-corrected chi connectivity index (χ0v) is 12.3. The molecular weight excluding hydrogens is 300 g/mol. The maximum absolute atomic E-state index is 12.6. The van der Waals surface area contributed by atoms with Crippen LogP contribution in [0.15, 0.2) is 24.3 Å². The van der Waals surface area contributed by atoms with Crippen molar-refractivity contribution in [1.29, 1.82) is 0 Å². The fraction of sp³-hybridized carbons (Fsp3) is 0.286. The number of nitrogens with zero attached hydrogens (tertiary/aromatic N) is 2. The van der Waals surface area contributed by atoms with Gasteiger partial charge in [-0.1, -0.05) is 17.7 Å². The van der Waals surface area contributed by atoms with Crippen molar-refractivity contribution in [2.24, 2.45) is 0 Å². The van der Waals surface area contributed by atoms with Gasteiger partial charge in [0.15, 0.2) is 0 Å². The molecule has 0 saturated carbocycles. The standard InChI is InChI=1S/C14H14ClF2N3O/c1-8-3-4-10(15)6-11(8)18-13(21)7-20-9(2)5-12(19-20)14(16)17/h3-6,14H,7H2,1-2H3,(H,18,21). The van der Waals surface area contributed by atoms with Crippen molar-refractivity contribution in [2.75, 3.05) is 5.32 Å².